The van der Waals surface area contributed by atoms with Crippen molar-refractivity contribution in [1.82, 2.24) is 19.6 Å². The Morgan fingerprint density at radius 2 is 2.07 bits per heavy atom. The van der Waals surface area contributed by atoms with Gasteiger partial charge in [-0.15, -0.1) is 5.10 Å². The van der Waals surface area contributed by atoms with Gasteiger partial charge in [-0.3, -0.25) is 4.79 Å². The third kappa shape index (κ3) is 4.29. The molecular weight excluding hydrogens is 386 g/mol. The van der Waals surface area contributed by atoms with Gasteiger partial charge in [0.1, 0.15) is 17.2 Å². The molecule has 1 aromatic carbocycles. The average molecular weight is 407 g/mol. The summed E-state index contributed by atoms with van der Waals surface area (Å²) in [4.78, 5) is 24.8. The van der Waals surface area contributed by atoms with Crippen LogP contribution in [0.15, 0.2) is 40.7 Å². The Hall–Kier alpha value is -3.77. The fourth-order valence-electron chi connectivity index (χ4n) is 3.10. The standard InChI is InChI=1S/C21H21N5O4/c1-14-10-16(15(2)25(14)8-9-29-3)11-17(12-22)21(28)30-13-26-20(27)18-6-4-5-7-19(18)23-24-26/h4-7,10-11H,8-9,13H2,1-3H3. The number of ether oxygens (including phenoxy) is 2. The van der Waals surface area contributed by atoms with Crippen LogP contribution in [0.25, 0.3) is 17.0 Å². The third-order valence-corrected chi connectivity index (χ3v) is 4.72. The molecule has 0 aliphatic rings. The number of aryl methyl sites for hydroxylation is 1. The van der Waals surface area contributed by atoms with Gasteiger partial charge in [-0.05, 0) is 43.7 Å². The highest BCUT2D eigenvalue weighted by Gasteiger charge is 2.15. The van der Waals surface area contributed by atoms with Gasteiger partial charge in [-0.25, -0.2) is 4.79 Å². The maximum atomic E-state index is 12.4. The molecule has 0 spiro atoms. The van der Waals surface area contributed by atoms with Crippen molar-refractivity contribution in [2.45, 2.75) is 27.1 Å². The van der Waals surface area contributed by atoms with Gasteiger partial charge in [0.05, 0.1) is 12.0 Å². The Morgan fingerprint density at radius 3 is 2.80 bits per heavy atom. The van der Waals surface area contributed by atoms with Gasteiger partial charge >= 0.3 is 5.97 Å². The molecule has 3 aromatic rings. The lowest BCUT2D eigenvalue weighted by atomic mass is 10.1. The summed E-state index contributed by atoms with van der Waals surface area (Å²) in [6, 6.07) is 10.5. The van der Waals surface area contributed by atoms with Crippen molar-refractivity contribution in [1.29, 1.82) is 5.26 Å². The lowest BCUT2D eigenvalue weighted by molar-refractivity contribution is -0.142. The molecule has 0 saturated carbocycles. The van der Waals surface area contributed by atoms with Gasteiger partial charge in [0.2, 0.25) is 0 Å². The molecule has 0 unspecified atom stereocenters. The first-order chi connectivity index (χ1) is 14.5. The molecule has 0 atom stereocenters. The predicted molar refractivity (Wildman–Crippen MR) is 109 cm³/mol. The van der Waals surface area contributed by atoms with Crippen molar-refractivity contribution in [2.75, 3.05) is 13.7 Å². The summed E-state index contributed by atoms with van der Waals surface area (Å²) in [6.07, 6.45) is 1.48. The fraction of sp³-hybridized carbons (Fsp3) is 0.286. The Morgan fingerprint density at radius 1 is 1.30 bits per heavy atom. The number of nitrogens with zero attached hydrogens (tertiary/aromatic N) is 5. The van der Waals surface area contributed by atoms with E-state index >= 15 is 0 Å². The highest BCUT2D eigenvalue weighted by atomic mass is 16.5. The highest BCUT2D eigenvalue weighted by molar-refractivity contribution is 5.98. The lowest BCUT2D eigenvalue weighted by Gasteiger charge is -2.08. The predicted octanol–water partition coefficient (Wildman–Crippen LogP) is 1.96. The Balaban J connectivity index is 1.78. The first-order valence-corrected chi connectivity index (χ1v) is 9.23. The number of fused-ring (bicyclic) bond motifs is 1. The summed E-state index contributed by atoms with van der Waals surface area (Å²) in [6.45, 7) is 4.61. The molecule has 0 aliphatic heterocycles. The minimum atomic E-state index is -0.846. The number of aromatic nitrogens is 4. The summed E-state index contributed by atoms with van der Waals surface area (Å²) in [5, 5.41) is 17.5. The summed E-state index contributed by atoms with van der Waals surface area (Å²) in [7, 11) is 1.63. The second kappa shape index (κ2) is 9.15. The molecule has 154 valence electrons. The molecule has 0 aliphatic carbocycles. The van der Waals surface area contributed by atoms with E-state index in [9.17, 15) is 14.9 Å². The van der Waals surface area contributed by atoms with Gasteiger partial charge in [-0.2, -0.15) is 9.94 Å². The highest BCUT2D eigenvalue weighted by Crippen LogP contribution is 2.18. The molecule has 0 radical (unpaired) electrons. The molecule has 0 saturated heterocycles. The third-order valence-electron chi connectivity index (χ3n) is 4.72. The molecule has 2 heterocycles. The van der Waals surface area contributed by atoms with Gasteiger partial charge < -0.3 is 14.0 Å². The zero-order valence-electron chi connectivity index (χ0n) is 17.0. The van der Waals surface area contributed by atoms with Crippen LogP contribution < -0.4 is 5.56 Å². The number of carbonyl (C=O) groups excluding carboxylic acids is 1. The number of rotatable bonds is 7. The maximum Gasteiger partial charge on any atom is 0.350 e. The van der Waals surface area contributed by atoms with Crippen LogP contribution in [-0.4, -0.2) is 39.2 Å². The molecule has 0 N–H and O–H groups in total. The summed E-state index contributed by atoms with van der Waals surface area (Å²) in [5.74, 6) is -0.846. The van der Waals surface area contributed by atoms with E-state index < -0.39 is 18.3 Å². The molecule has 9 heteroatoms. The summed E-state index contributed by atoms with van der Waals surface area (Å²) in [5.41, 5.74) is 2.47. The van der Waals surface area contributed by atoms with Gasteiger partial charge in [-0.1, -0.05) is 17.3 Å². The van der Waals surface area contributed by atoms with Crippen LogP contribution in [0, 0.1) is 25.2 Å². The zero-order valence-corrected chi connectivity index (χ0v) is 17.0. The Labute approximate surface area is 172 Å². The number of esters is 1. The van der Waals surface area contributed by atoms with E-state index in [-0.39, 0.29) is 5.57 Å². The van der Waals surface area contributed by atoms with Crippen molar-refractivity contribution in [2.24, 2.45) is 0 Å². The normalized spacial score (nSPS) is 11.5. The van der Waals surface area contributed by atoms with Crippen LogP contribution in [0.1, 0.15) is 17.0 Å². The maximum absolute atomic E-state index is 12.4. The van der Waals surface area contributed by atoms with E-state index in [4.69, 9.17) is 9.47 Å². The van der Waals surface area contributed by atoms with Crippen molar-refractivity contribution < 1.29 is 14.3 Å². The summed E-state index contributed by atoms with van der Waals surface area (Å²) < 4.78 is 13.2. The van der Waals surface area contributed by atoms with Crippen LogP contribution in [0.4, 0.5) is 0 Å². The quantitative estimate of drug-likeness (QED) is 0.334. The fourth-order valence-corrected chi connectivity index (χ4v) is 3.10. The van der Waals surface area contributed by atoms with Crippen LogP contribution in [0.2, 0.25) is 0 Å². The number of nitriles is 1. The first-order valence-electron chi connectivity index (χ1n) is 9.23. The molecule has 3 rings (SSSR count). The van der Waals surface area contributed by atoms with E-state index in [1.807, 2.05) is 30.6 Å². The van der Waals surface area contributed by atoms with Crippen molar-refractivity contribution in [3.8, 4) is 6.07 Å². The molecule has 9 nitrogen and oxygen atoms in total. The number of methoxy groups -OCH3 is 1. The molecule has 30 heavy (non-hydrogen) atoms. The summed E-state index contributed by atoms with van der Waals surface area (Å²) >= 11 is 0. The van der Waals surface area contributed by atoms with E-state index in [1.54, 1.807) is 31.4 Å². The second-order valence-corrected chi connectivity index (χ2v) is 6.61. The monoisotopic (exact) mass is 407 g/mol. The number of carbonyl (C=O) groups is 1. The van der Waals surface area contributed by atoms with Crippen LogP contribution in [0.3, 0.4) is 0 Å². The molecule has 0 bridgehead atoms. The lowest BCUT2D eigenvalue weighted by Crippen LogP contribution is -2.26. The van der Waals surface area contributed by atoms with Crippen LogP contribution >= 0.6 is 0 Å². The average Bonchev–Trinajstić information content (AvgIpc) is 3.02. The molecule has 2 aromatic heterocycles. The second-order valence-electron chi connectivity index (χ2n) is 6.61. The van der Waals surface area contributed by atoms with E-state index in [2.05, 4.69) is 10.3 Å². The number of benzene rings is 1. The SMILES string of the molecule is COCCn1c(C)cc(C=C(C#N)C(=O)OCn2nnc3ccccc3c2=O)c1C. The Kier molecular flexibility index (Phi) is 6.39. The van der Waals surface area contributed by atoms with E-state index in [0.29, 0.717) is 24.1 Å². The minimum Gasteiger partial charge on any atom is -0.438 e. The van der Waals surface area contributed by atoms with Crippen molar-refractivity contribution >= 4 is 22.9 Å². The largest absolute Gasteiger partial charge is 0.438 e. The zero-order chi connectivity index (χ0) is 21.7. The molecule has 0 fully saturated rings. The van der Waals surface area contributed by atoms with Crippen molar-refractivity contribution in [3.05, 3.63) is 63.2 Å². The Bertz CT molecular complexity index is 1220. The van der Waals surface area contributed by atoms with Crippen molar-refractivity contribution in [3.63, 3.8) is 0 Å². The molecule has 0 amide bonds. The topological polar surface area (TPSA) is 112 Å². The minimum absolute atomic E-state index is 0.177. The van der Waals surface area contributed by atoms with Gasteiger partial charge in [0, 0.05) is 25.0 Å². The first kappa shape index (κ1) is 21.0. The van der Waals surface area contributed by atoms with E-state index in [0.717, 1.165) is 21.6 Å². The van der Waals surface area contributed by atoms with Crippen LogP contribution in [0.5, 0.6) is 0 Å². The van der Waals surface area contributed by atoms with Gasteiger partial charge in [0.25, 0.3) is 5.56 Å². The van der Waals surface area contributed by atoms with Gasteiger partial charge in [0.15, 0.2) is 6.73 Å². The number of hydrogen-bond donors (Lipinski definition) is 0. The van der Waals surface area contributed by atoms with Crippen LogP contribution in [-0.2, 0) is 27.5 Å². The number of hydrogen-bond acceptors (Lipinski definition) is 7. The molecular formula is C21H21N5O4. The van der Waals surface area contributed by atoms with E-state index in [1.165, 1.54) is 6.08 Å². The smallest absolute Gasteiger partial charge is 0.350 e.